The van der Waals surface area contributed by atoms with Crippen molar-refractivity contribution in [1.29, 1.82) is 0 Å². The summed E-state index contributed by atoms with van der Waals surface area (Å²) in [6, 6.07) is -0.177. The van der Waals surface area contributed by atoms with E-state index in [1.165, 1.54) is 4.90 Å². The van der Waals surface area contributed by atoms with Crippen LogP contribution in [0.5, 0.6) is 0 Å². The van der Waals surface area contributed by atoms with Gasteiger partial charge in [-0.05, 0) is 6.92 Å². The molecule has 1 saturated heterocycles. The van der Waals surface area contributed by atoms with Crippen LogP contribution in [0.4, 0.5) is 4.79 Å². The van der Waals surface area contributed by atoms with Crippen LogP contribution in [0.1, 0.15) is 13.3 Å². The Morgan fingerprint density at radius 3 is 2.55 bits per heavy atom. The van der Waals surface area contributed by atoms with Gasteiger partial charge < -0.3 is 4.90 Å². The highest BCUT2D eigenvalue weighted by molar-refractivity contribution is 5.96. The summed E-state index contributed by atoms with van der Waals surface area (Å²) in [4.78, 5) is 25.1. The van der Waals surface area contributed by atoms with E-state index in [0.717, 1.165) is 0 Å². The van der Waals surface area contributed by atoms with E-state index in [9.17, 15) is 9.59 Å². The van der Waals surface area contributed by atoms with Crippen molar-refractivity contribution in [3.8, 4) is 0 Å². The second kappa shape index (κ2) is 2.90. The molecule has 4 heteroatoms. The van der Waals surface area contributed by atoms with Crippen LogP contribution >= 0.6 is 0 Å². The van der Waals surface area contributed by atoms with Crippen LogP contribution in [0.25, 0.3) is 0 Å². The maximum Gasteiger partial charge on any atom is 0.326 e. The largest absolute Gasteiger partial charge is 0.327 e. The van der Waals surface area contributed by atoms with Gasteiger partial charge >= 0.3 is 6.03 Å². The van der Waals surface area contributed by atoms with Gasteiger partial charge in [-0.3, -0.25) is 9.69 Å². The zero-order chi connectivity index (χ0) is 8.43. The number of hydrogen-bond acceptors (Lipinski definition) is 2. The number of amides is 3. The molecule has 0 saturated carbocycles. The van der Waals surface area contributed by atoms with Crippen LogP contribution in [0, 0.1) is 0 Å². The first-order valence-corrected chi connectivity index (χ1v) is 3.72. The molecule has 0 radical (unpaired) electrons. The van der Waals surface area contributed by atoms with E-state index < -0.39 is 0 Å². The zero-order valence-corrected chi connectivity index (χ0v) is 6.83. The number of imide groups is 1. The van der Waals surface area contributed by atoms with Gasteiger partial charge in [-0.1, -0.05) is 0 Å². The van der Waals surface area contributed by atoms with Crippen molar-refractivity contribution in [2.75, 3.05) is 20.1 Å². The Balaban J connectivity index is 2.71. The SMILES string of the molecule is CCN1C(=O)CCN(C)C1=O. The van der Waals surface area contributed by atoms with E-state index in [-0.39, 0.29) is 11.9 Å². The Hall–Kier alpha value is -1.06. The summed E-state index contributed by atoms with van der Waals surface area (Å²) in [5.41, 5.74) is 0. The molecule has 4 nitrogen and oxygen atoms in total. The summed E-state index contributed by atoms with van der Waals surface area (Å²) in [6.07, 6.45) is 0.454. The molecule has 62 valence electrons. The van der Waals surface area contributed by atoms with Crippen LogP contribution in [-0.4, -0.2) is 41.9 Å². The number of hydrogen-bond donors (Lipinski definition) is 0. The van der Waals surface area contributed by atoms with Crippen molar-refractivity contribution in [2.45, 2.75) is 13.3 Å². The summed E-state index contributed by atoms with van der Waals surface area (Å²) in [6.45, 7) is 2.82. The minimum atomic E-state index is -0.177. The highest BCUT2D eigenvalue weighted by Crippen LogP contribution is 2.07. The first-order valence-electron chi connectivity index (χ1n) is 3.72. The monoisotopic (exact) mass is 156 g/mol. The fourth-order valence-electron chi connectivity index (χ4n) is 1.12. The second-order valence-electron chi connectivity index (χ2n) is 2.59. The molecule has 0 unspecified atom stereocenters. The molecule has 0 aromatic carbocycles. The molecule has 11 heavy (non-hydrogen) atoms. The van der Waals surface area contributed by atoms with Gasteiger partial charge in [0.25, 0.3) is 0 Å². The Morgan fingerprint density at radius 1 is 1.45 bits per heavy atom. The highest BCUT2D eigenvalue weighted by Gasteiger charge is 2.27. The van der Waals surface area contributed by atoms with E-state index in [1.807, 2.05) is 0 Å². The van der Waals surface area contributed by atoms with Crippen LogP contribution < -0.4 is 0 Å². The van der Waals surface area contributed by atoms with Crippen molar-refractivity contribution < 1.29 is 9.59 Å². The molecule has 0 aromatic heterocycles. The summed E-state index contributed by atoms with van der Waals surface area (Å²) in [5.74, 6) is -0.0596. The lowest BCUT2D eigenvalue weighted by Crippen LogP contribution is -2.50. The number of urea groups is 1. The van der Waals surface area contributed by atoms with E-state index in [2.05, 4.69) is 0 Å². The Morgan fingerprint density at radius 2 is 2.09 bits per heavy atom. The minimum absolute atomic E-state index is 0.0596. The molecule has 0 atom stereocenters. The third kappa shape index (κ3) is 1.34. The first kappa shape index (κ1) is 8.04. The predicted octanol–water partition coefficient (Wildman–Crippen LogP) is 0.290. The average Bonchev–Trinajstić information content (AvgIpc) is 1.99. The van der Waals surface area contributed by atoms with Crippen molar-refractivity contribution in [3.63, 3.8) is 0 Å². The van der Waals surface area contributed by atoms with Gasteiger partial charge in [0.15, 0.2) is 0 Å². The van der Waals surface area contributed by atoms with Crippen LogP contribution in [0.2, 0.25) is 0 Å². The normalized spacial score (nSPS) is 19.5. The molecule has 1 heterocycles. The molecule has 0 N–H and O–H groups in total. The molecule has 1 rings (SSSR count). The van der Waals surface area contributed by atoms with Gasteiger partial charge in [0, 0.05) is 26.6 Å². The quantitative estimate of drug-likeness (QED) is 0.547. The zero-order valence-electron chi connectivity index (χ0n) is 6.83. The third-order valence-corrected chi connectivity index (χ3v) is 1.84. The van der Waals surface area contributed by atoms with E-state index in [4.69, 9.17) is 0 Å². The topological polar surface area (TPSA) is 40.6 Å². The fourth-order valence-corrected chi connectivity index (χ4v) is 1.12. The summed E-state index contributed by atoms with van der Waals surface area (Å²) < 4.78 is 0. The third-order valence-electron chi connectivity index (χ3n) is 1.84. The Labute approximate surface area is 65.8 Å². The highest BCUT2D eigenvalue weighted by atomic mass is 16.2. The van der Waals surface area contributed by atoms with Gasteiger partial charge in [-0.2, -0.15) is 0 Å². The molecular weight excluding hydrogens is 144 g/mol. The molecular formula is C7H12N2O2. The Bertz CT molecular complexity index is 191. The number of carbonyl (C=O) groups excluding carboxylic acids is 2. The lowest BCUT2D eigenvalue weighted by atomic mass is 10.3. The molecule has 1 fully saturated rings. The maximum atomic E-state index is 11.2. The lowest BCUT2D eigenvalue weighted by molar-refractivity contribution is -0.130. The molecule has 1 aliphatic rings. The first-order chi connectivity index (χ1) is 5.16. The maximum absolute atomic E-state index is 11.2. The minimum Gasteiger partial charge on any atom is -0.327 e. The van der Waals surface area contributed by atoms with Crippen molar-refractivity contribution >= 4 is 11.9 Å². The van der Waals surface area contributed by atoms with E-state index >= 15 is 0 Å². The fraction of sp³-hybridized carbons (Fsp3) is 0.714. The van der Waals surface area contributed by atoms with E-state index in [0.29, 0.717) is 19.5 Å². The standard InChI is InChI=1S/C7H12N2O2/c1-3-9-6(10)4-5-8(2)7(9)11/h3-5H2,1-2H3. The van der Waals surface area contributed by atoms with Crippen LogP contribution in [0.15, 0.2) is 0 Å². The van der Waals surface area contributed by atoms with Crippen LogP contribution in [-0.2, 0) is 4.79 Å². The average molecular weight is 156 g/mol. The van der Waals surface area contributed by atoms with Gasteiger partial charge in [-0.25, -0.2) is 4.79 Å². The van der Waals surface area contributed by atoms with E-state index in [1.54, 1.807) is 18.9 Å². The molecule has 3 amide bonds. The van der Waals surface area contributed by atoms with Gasteiger partial charge in [0.1, 0.15) is 0 Å². The molecule has 1 aliphatic heterocycles. The van der Waals surface area contributed by atoms with Gasteiger partial charge in [0.2, 0.25) is 5.91 Å². The number of nitrogens with zero attached hydrogens (tertiary/aromatic N) is 2. The van der Waals surface area contributed by atoms with Crippen molar-refractivity contribution in [1.82, 2.24) is 9.80 Å². The summed E-state index contributed by atoms with van der Waals surface area (Å²) >= 11 is 0. The molecule has 0 bridgehead atoms. The van der Waals surface area contributed by atoms with Crippen molar-refractivity contribution in [3.05, 3.63) is 0 Å². The molecule has 0 spiro atoms. The predicted molar refractivity (Wildman–Crippen MR) is 40.0 cm³/mol. The number of rotatable bonds is 1. The lowest BCUT2D eigenvalue weighted by Gasteiger charge is -2.30. The molecule has 0 aromatic rings. The van der Waals surface area contributed by atoms with Gasteiger partial charge in [-0.15, -0.1) is 0 Å². The summed E-state index contributed by atoms with van der Waals surface area (Å²) in [5, 5.41) is 0. The van der Waals surface area contributed by atoms with Gasteiger partial charge in [0.05, 0.1) is 0 Å². The summed E-state index contributed by atoms with van der Waals surface area (Å²) in [7, 11) is 1.71. The number of carbonyl (C=O) groups is 2. The molecule has 0 aliphatic carbocycles. The Kier molecular flexibility index (Phi) is 2.12. The second-order valence-corrected chi connectivity index (χ2v) is 2.59. The smallest absolute Gasteiger partial charge is 0.326 e. The van der Waals surface area contributed by atoms with Crippen LogP contribution in [0.3, 0.4) is 0 Å². The van der Waals surface area contributed by atoms with Crippen molar-refractivity contribution in [2.24, 2.45) is 0 Å².